The minimum atomic E-state index is -0.343. The molecule has 0 aliphatic carbocycles. The second-order valence-electron chi connectivity index (χ2n) is 5.85. The number of aryl methyl sites for hydroxylation is 1. The summed E-state index contributed by atoms with van der Waals surface area (Å²) in [4.78, 5) is 12.5. The maximum absolute atomic E-state index is 12.5. The molecule has 0 amide bonds. The smallest absolute Gasteiger partial charge is 0.356 e. The zero-order chi connectivity index (χ0) is 17.6. The largest absolute Gasteiger partial charge is 0.464 e. The van der Waals surface area contributed by atoms with Gasteiger partial charge in [0.05, 0.1) is 12.7 Å². The molecule has 3 rings (SSSR count). The van der Waals surface area contributed by atoms with E-state index in [-0.39, 0.29) is 5.97 Å². The maximum Gasteiger partial charge on any atom is 0.356 e. The lowest BCUT2D eigenvalue weighted by molar-refractivity contribution is 0.0588. The molecule has 1 aromatic heterocycles. The van der Waals surface area contributed by atoms with Crippen molar-refractivity contribution in [3.05, 3.63) is 71.4 Å². The Labute approximate surface area is 148 Å². The summed E-state index contributed by atoms with van der Waals surface area (Å²) in [5.74, 6) is 6.04. The van der Waals surface area contributed by atoms with Crippen molar-refractivity contribution in [2.45, 2.75) is 26.3 Å². The van der Waals surface area contributed by atoms with Crippen LogP contribution in [0, 0.1) is 11.8 Å². The summed E-state index contributed by atoms with van der Waals surface area (Å²) in [5.41, 5.74) is 3.22. The summed E-state index contributed by atoms with van der Waals surface area (Å²) in [6.07, 6.45) is 2.05. The molecule has 0 aliphatic rings. The molecule has 2 aromatic carbocycles. The topological polar surface area (TPSA) is 31.2 Å². The van der Waals surface area contributed by atoms with Crippen LogP contribution in [0.25, 0.3) is 10.9 Å². The number of carbonyl (C=O) groups excluding carboxylic acids is 1. The van der Waals surface area contributed by atoms with Crippen LogP contribution in [0.2, 0.25) is 0 Å². The number of nitrogens with zero attached hydrogens (tertiary/aromatic N) is 1. The van der Waals surface area contributed by atoms with E-state index in [0.29, 0.717) is 5.69 Å². The zero-order valence-corrected chi connectivity index (χ0v) is 14.6. The number of unbranched alkanes of at least 4 members (excludes halogenated alkanes) is 1. The van der Waals surface area contributed by atoms with E-state index in [4.69, 9.17) is 4.74 Å². The number of methoxy groups -OCH3 is 1. The van der Waals surface area contributed by atoms with Gasteiger partial charge in [0.25, 0.3) is 0 Å². The zero-order valence-electron chi connectivity index (χ0n) is 14.6. The van der Waals surface area contributed by atoms with Gasteiger partial charge in [0, 0.05) is 23.0 Å². The lowest BCUT2D eigenvalue weighted by Gasteiger charge is -2.08. The Hall–Kier alpha value is -2.99. The van der Waals surface area contributed by atoms with Gasteiger partial charge in [0.15, 0.2) is 0 Å². The number of rotatable bonds is 4. The van der Waals surface area contributed by atoms with Crippen LogP contribution in [0.15, 0.2) is 54.6 Å². The summed E-state index contributed by atoms with van der Waals surface area (Å²) in [6, 6.07) is 17.8. The molecule has 3 heteroatoms. The minimum Gasteiger partial charge on any atom is -0.464 e. The number of hydrogen-bond donors (Lipinski definition) is 0. The van der Waals surface area contributed by atoms with E-state index in [9.17, 15) is 4.79 Å². The number of hydrogen-bond acceptors (Lipinski definition) is 2. The molecule has 0 aliphatic heterocycles. The molecule has 0 saturated heterocycles. The molecule has 25 heavy (non-hydrogen) atoms. The summed E-state index contributed by atoms with van der Waals surface area (Å²) < 4.78 is 7.09. The van der Waals surface area contributed by atoms with Crippen molar-refractivity contribution in [2.24, 2.45) is 0 Å². The molecule has 3 nitrogen and oxygen atoms in total. The molecule has 0 fully saturated rings. The van der Waals surface area contributed by atoms with Crippen LogP contribution in [-0.4, -0.2) is 17.6 Å². The van der Waals surface area contributed by atoms with Crippen LogP contribution in [-0.2, 0) is 11.3 Å². The number of fused-ring (bicyclic) bond motifs is 1. The first-order valence-electron chi connectivity index (χ1n) is 8.53. The van der Waals surface area contributed by atoms with Crippen LogP contribution < -0.4 is 0 Å². The van der Waals surface area contributed by atoms with Crippen molar-refractivity contribution in [1.82, 2.24) is 4.57 Å². The Morgan fingerprint density at radius 2 is 1.76 bits per heavy atom. The molecule has 126 valence electrons. The molecule has 0 N–H and O–H groups in total. The lowest BCUT2D eigenvalue weighted by atomic mass is 10.1. The molecule has 3 aromatic rings. The average Bonchev–Trinajstić information content (AvgIpc) is 2.98. The van der Waals surface area contributed by atoms with E-state index >= 15 is 0 Å². The first kappa shape index (κ1) is 16.9. The van der Waals surface area contributed by atoms with Crippen LogP contribution in [0.1, 0.15) is 41.4 Å². The van der Waals surface area contributed by atoms with Crippen LogP contribution >= 0.6 is 0 Å². The highest BCUT2D eigenvalue weighted by molar-refractivity contribution is 6.01. The van der Waals surface area contributed by atoms with E-state index < -0.39 is 0 Å². The van der Waals surface area contributed by atoms with E-state index in [1.54, 1.807) is 0 Å². The second kappa shape index (κ2) is 7.72. The van der Waals surface area contributed by atoms with E-state index in [0.717, 1.165) is 41.4 Å². The van der Waals surface area contributed by atoms with Gasteiger partial charge < -0.3 is 9.30 Å². The van der Waals surface area contributed by atoms with Gasteiger partial charge in [-0.2, -0.15) is 0 Å². The van der Waals surface area contributed by atoms with Crippen molar-refractivity contribution in [3.8, 4) is 11.8 Å². The first-order valence-corrected chi connectivity index (χ1v) is 8.53. The highest BCUT2D eigenvalue weighted by Gasteiger charge is 2.22. The third-order valence-electron chi connectivity index (χ3n) is 4.19. The second-order valence-corrected chi connectivity index (χ2v) is 5.85. The van der Waals surface area contributed by atoms with E-state index in [1.807, 2.05) is 59.2 Å². The van der Waals surface area contributed by atoms with Gasteiger partial charge >= 0.3 is 5.97 Å². The van der Waals surface area contributed by atoms with E-state index in [2.05, 4.69) is 18.8 Å². The lowest BCUT2D eigenvalue weighted by Crippen LogP contribution is -2.12. The quantitative estimate of drug-likeness (QED) is 0.516. The van der Waals surface area contributed by atoms with Gasteiger partial charge in [0.1, 0.15) is 5.69 Å². The fraction of sp³-hybridized carbons (Fsp3) is 0.227. The van der Waals surface area contributed by atoms with Crippen molar-refractivity contribution in [1.29, 1.82) is 0 Å². The van der Waals surface area contributed by atoms with Crippen molar-refractivity contribution in [3.63, 3.8) is 0 Å². The molecule has 1 heterocycles. The third kappa shape index (κ3) is 3.44. The maximum atomic E-state index is 12.5. The Morgan fingerprint density at radius 3 is 2.48 bits per heavy atom. The Kier molecular flexibility index (Phi) is 5.20. The number of aromatic nitrogens is 1. The van der Waals surface area contributed by atoms with Gasteiger partial charge in [-0.3, -0.25) is 0 Å². The molecule has 0 spiro atoms. The summed E-state index contributed by atoms with van der Waals surface area (Å²) >= 11 is 0. The van der Waals surface area contributed by atoms with Crippen molar-refractivity contribution in [2.75, 3.05) is 7.11 Å². The van der Waals surface area contributed by atoms with Gasteiger partial charge in [-0.1, -0.05) is 61.6 Å². The van der Waals surface area contributed by atoms with Gasteiger partial charge in [-0.15, -0.1) is 0 Å². The van der Waals surface area contributed by atoms with Gasteiger partial charge in [0.2, 0.25) is 0 Å². The number of benzene rings is 2. The number of esters is 1. The average molecular weight is 331 g/mol. The third-order valence-corrected chi connectivity index (χ3v) is 4.19. The van der Waals surface area contributed by atoms with Crippen LogP contribution in [0.3, 0.4) is 0 Å². The monoisotopic (exact) mass is 331 g/mol. The summed E-state index contributed by atoms with van der Waals surface area (Å²) in [5, 5.41) is 0.988. The Morgan fingerprint density at radius 1 is 1.04 bits per heavy atom. The fourth-order valence-electron chi connectivity index (χ4n) is 2.94. The number of para-hydroxylation sites is 1. The molecule has 0 bridgehead atoms. The summed E-state index contributed by atoms with van der Waals surface area (Å²) in [6.45, 7) is 2.91. The molecule has 0 radical (unpaired) electrons. The normalized spacial score (nSPS) is 10.3. The number of ether oxygens (including phenoxy) is 1. The molecule has 0 unspecified atom stereocenters. The predicted octanol–water partition coefficient (Wildman–Crippen LogP) is 4.63. The van der Waals surface area contributed by atoms with Gasteiger partial charge in [-0.25, -0.2) is 4.79 Å². The summed E-state index contributed by atoms with van der Waals surface area (Å²) in [7, 11) is 1.42. The van der Waals surface area contributed by atoms with Crippen molar-refractivity contribution >= 4 is 16.9 Å². The fourth-order valence-corrected chi connectivity index (χ4v) is 2.94. The standard InChI is InChI=1S/C22H21NO2/c1-3-4-16-23-20-13-9-8-12-18(20)19(21(23)22(24)25-2)15-14-17-10-6-5-7-11-17/h5-13H,3-4,16H2,1-2H3. The molecular weight excluding hydrogens is 310 g/mol. The predicted molar refractivity (Wildman–Crippen MR) is 101 cm³/mol. The molecular formula is C22H21NO2. The number of carbonyl (C=O) groups is 1. The van der Waals surface area contributed by atoms with Crippen molar-refractivity contribution < 1.29 is 9.53 Å². The highest BCUT2D eigenvalue weighted by Crippen LogP contribution is 2.27. The SMILES string of the molecule is CCCCn1c(C(=O)OC)c(C#Cc2ccccc2)c2ccccc21. The Balaban J connectivity index is 2.22. The molecule has 0 saturated carbocycles. The van der Waals surface area contributed by atoms with Crippen LogP contribution in [0.5, 0.6) is 0 Å². The van der Waals surface area contributed by atoms with Crippen LogP contribution in [0.4, 0.5) is 0 Å². The highest BCUT2D eigenvalue weighted by atomic mass is 16.5. The minimum absolute atomic E-state index is 0.343. The first-order chi connectivity index (χ1) is 12.3. The molecule has 0 atom stereocenters. The Bertz CT molecular complexity index is 943. The van der Waals surface area contributed by atoms with Gasteiger partial charge in [-0.05, 0) is 24.6 Å². The van der Waals surface area contributed by atoms with E-state index in [1.165, 1.54) is 7.11 Å².